The number of anilines is 1. The van der Waals surface area contributed by atoms with Crippen LogP contribution in [0.4, 0.5) is 14.5 Å². The van der Waals surface area contributed by atoms with Gasteiger partial charge < -0.3 is 15.0 Å². The van der Waals surface area contributed by atoms with Crippen molar-refractivity contribution in [1.82, 2.24) is 5.32 Å². The Kier molecular flexibility index (Phi) is 3.41. The van der Waals surface area contributed by atoms with Gasteiger partial charge in [0.05, 0.1) is 12.2 Å². The number of benzene rings is 1. The van der Waals surface area contributed by atoms with Gasteiger partial charge in [-0.3, -0.25) is 0 Å². The molecule has 0 saturated carbocycles. The maximum absolute atomic E-state index is 14.1. The zero-order valence-electron chi connectivity index (χ0n) is 11.0. The van der Waals surface area contributed by atoms with Crippen molar-refractivity contribution in [2.75, 3.05) is 25.0 Å². The summed E-state index contributed by atoms with van der Waals surface area (Å²) in [5.74, 6) is -0.960. The molecule has 0 spiro atoms. The van der Waals surface area contributed by atoms with Crippen molar-refractivity contribution in [2.24, 2.45) is 0 Å². The van der Waals surface area contributed by atoms with Crippen LogP contribution in [0.1, 0.15) is 18.4 Å². The van der Waals surface area contributed by atoms with E-state index in [4.69, 9.17) is 4.74 Å². The molecule has 0 amide bonds. The fourth-order valence-corrected chi connectivity index (χ4v) is 3.02. The summed E-state index contributed by atoms with van der Waals surface area (Å²) in [5.41, 5.74) is 0.720. The lowest BCUT2D eigenvalue weighted by Gasteiger charge is -2.34. The molecule has 2 heterocycles. The van der Waals surface area contributed by atoms with E-state index in [9.17, 15) is 8.78 Å². The van der Waals surface area contributed by atoms with E-state index in [0.717, 1.165) is 12.8 Å². The number of fused-ring (bicyclic) bond motifs is 2. The van der Waals surface area contributed by atoms with Crippen LogP contribution in [0.25, 0.3) is 0 Å². The SMILES string of the molecule is CNCc1cc(F)c(N2CC3CCC(C2)O3)c(F)c1. The lowest BCUT2D eigenvalue weighted by molar-refractivity contribution is 0.0300. The number of rotatable bonds is 3. The number of nitrogens with one attached hydrogen (secondary N) is 1. The minimum atomic E-state index is -0.480. The van der Waals surface area contributed by atoms with Crippen LogP contribution >= 0.6 is 0 Å². The van der Waals surface area contributed by atoms with Crippen molar-refractivity contribution in [3.8, 4) is 0 Å². The van der Waals surface area contributed by atoms with Gasteiger partial charge in [-0.1, -0.05) is 0 Å². The van der Waals surface area contributed by atoms with E-state index in [1.807, 2.05) is 0 Å². The van der Waals surface area contributed by atoms with Crippen molar-refractivity contribution in [3.63, 3.8) is 0 Å². The molecule has 2 saturated heterocycles. The quantitative estimate of drug-likeness (QED) is 0.908. The van der Waals surface area contributed by atoms with Gasteiger partial charge in [0.1, 0.15) is 17.3 Å². The molecule has 0 radical (unpaired) electrons. The van der Waals surface area contributed by atoms with Crippen molar-refractivity contribution in [3.05, 3.63) is 29.3 Å². The van der Waals surface area contributed by atoms with Crippen molar-refractivity contribution in [1.29, 1.82) is 0 Å². The Morgan fingerprint density at radius 3 is 2.32 bits per heavy atom. The van der Waals surface area contributed by atoms with Crippen molar-refractivity contribution in [2.45, 2.75) is 31.6 Å². The maximum atomic E-state index is 14.1. The molecule has 2 bridgehead atoms. The Balaban J connectivity index is 1.88. The third-order valence-corrected chi connectivity index (χ3v) is 3.82. The number of morpholine rings is 1. The van der Waals surface area contributed by atoms with Crippen LogP contribution < -0.4 is 10.2 Å². The molecular weight excluding hydrogens is 250 g/mol. The Morgan fingerprint density at radius 2 is 1.79 bits per heavy atom. The number of ether oxygens (including phenoxy) is 1. The van der Waals surface area contributed by atoms with Gasteiger partial charge in [-0.15, -0.1) is 0 Å². The third kappa shape index (κ3) is 2.44. The predicted molar refractivity (Wildman–Crippen MR) is 69.2 cm³/mol. The number of halogens is 2. The Bertz CT molecular complexity index is 446. The molecule has 3 rings (SSSR count). The van der Waals surface area contributed by atoms with E-state index in [-0.39, 0.29) is 17.9 Å². The summed E-state index contributed by atoms with van der Waals surface area (Å²) in [6.07, 6.45) is 2.22. The minimum absolute atomic E-state index is 0.0973. The topological polar surface area (TPSA) is 24.5 Å². The Hall–Kier alpha value is -1.20. The standard InChI is InChI=1S/C14H18F2N2O/c1-17-6-9-4-12(15)14(13(16)5-9)18-7-10-2-3-11(8-18)19-10/h4-5,10-11,17H,2-3,6-8H2,1H3. The summed E-state index contributed by atoms with van der Waals surface area (Å²) in [7, 11) is 1.75. The fraction of sp³-hybridized carbons (Fsp3) is 0.571. The summed E-state index contributed by atoms with van der Waals surface area (Å²) in [6, 6.07) is 2.82. The highest BCUT2D eigenvalue weighted by molar-refractivity contribution is 5.51. The van der Waals surface area contributed by atoms with Crippen molar-refractivity contribution >= 4 is 5.69 Å². The van der Waals surface area contributed by atoms with Gasteiger partial charge >= 0.3 is 0 Å². The summed E-state index contributed by atoms with van der Waals surface area (Å²) in [6.45, 7) is 1.62. The summed E-state index contributed by atoms with van der Waals surface area (Å²) in [4.78, 5) is 1.79. The van der Waals surface area contributed by atoms with E-state index >= 15 is 0 Å². The van der Waals surface area contributed by atoms with Gasteiger partial charge in [0.2, 0.25) is 0 Å². The number of hydrogen-bond donors (Lipinski definition) is 1. The van der Waals surface area contributed by atoms with E-state index in [1.54, 1.807) is 11.9 Å². The summed E-state index contributed by atoms with van der Waals surface area (Å²) < 4.78 is 34.0. The molecule has 5 heteroatoms. The molecule has 0 aliphatic carbocycles. The molecule has 19 heavy (non-hydrogen) atoms. The van der Waals surface area contributed by atoms with Gasteiger partial charge in [0.15, 0.2) is 0 Å². The Labute approximate surface area is 111 Å². The third-order valence-electron chi connectivity index (χ3n) is 3.82. The first-order valence-electron chi connectivity index (χ1n) is 6.70. The monoisotopic (exact) mass is 268 g/mol. The number of hydrogen-bond acceptors (Lipinski definition) is 3. The lowest BCUT2D eigenvalue weighted by atomic mass is 10.1. The molecule has 2 aliphatic rings. The molecule has 1 aromatic rings. The van der Waals surface area contributed by atoms with Crippen LogP contribution in [0.5, 0.6) is 0 Å². The van der Waals surface area contributed by atoms with Crippen LogP contribution in [0.3, 0.4) is 0 Å². The maximum Gasteiger partial charge on any atom is 0.149 e. The zero-order valence-corrected chi connectivity index (χ0v) is 11.0. The molecule has 1 N–H and O–H groups in total. The van der Waals surface area contributed by atoms with E-state index in [0.29, 0.717) is 25.2 Å². The normalized spacial score (nSPS) is 25.9. The molecule has 2 fully saturated rings. The first kappa shape index (κ1) is 12.8. The summed E-state index contributed by atoms with van der Waals surface area (Å²) in [5, 5.41) is 2.89. The molecule has 2 atom stereocenters. The van der Waals surface area contributed by atoms with Crippen LogP contribution in [0.2, 0.25) is 0 Å². The molecule has 104 valence electrons. The molecule has 2 unspecified atom stereocenters. The van der Waals surface area contributed by atoms with Gasteiger partial charge in [-0.05, 0) is 37.6 Å². The smallest absolute Gasteiger partial charge is 0.149 e. The zero-order chi connectivity index (χ0) is 13.4. The van der Waals surface area contributed by atoms with Gasteiger partial charge in [-0.25, -0.2) is 8.78 Å². The molecule has 1 aromatic carbocycles. The molecule has 2 aliphatic heterocycles. The second-order valence-electron chi connectivity index (χ2n) is 5.30. The van der Waals surface area contributed by atoms with E-state index in [1.165, 1.54) is 12.1 Å². The molecule has 0 aromatic heterocycles. The Morgan fingerprint density at radius 1 is 1.21 bits per heavy atom. The second kappa shape index (κ2) is 5.06. The van der Waals surface area contributed by atoms with Gasteiger partial charge in [-0.2, -0.15) is 0 Å². The highest BCUT2D eigenvalue weighted by Gasteiger charge is 2.35. The van der Waals surface area contributed by atoms with E-state index in [2.05, 4.69) is 5.32 Å². The predicted octanol–water partition coefficient (Wildman–Crippen LogP) is 2.05. The van der Waals surface area contributed by atoms with Crippen LogP contribution in [-0.2, 0) is 11.3 Å². The van der Waals surface area contributed by atoms with Crippen LogP contribution in [0, 0.1) is 11.6 Å². The lowest BCUT2D eigenvalue weighted by Crippen LogP contribution is -2.43. The second-order valence-corrected chi connectivity index (χ2v) is 5.30. The molecule has 3 nitrogen and oxygen atoms in total. The van der Waals surface area contributed by atoms with E-state index < -0.39 is 11.6 Å². The minimum Gasteiger partial charge on any atom is -0.371 e. The van der Waals surface area contributed by atoms with Crippen molar-refractivity contribution < 1.29 is 13.5 Å². The first-order chi connectivity index (χ1) is 9.17. The highest BCUT2D eigenvalue weighted by Crippen LogP contribution is 2.32. The average Bonchev–Trinajstić information content (AvgIpc) is 2.68. The van der Waals surface area contributed by atoms with Crippen LogP contribution in [-0.4, -0.2) is 32.3 Å². The van der Waals surface area contributed by atoms with Gasteiger partial charge in [0, 0.05) is 19.6 Å². The molecular formula is C14H18F2N2O. The largest absolute Gasteiger partial charge is 0.371 e. The summed E-state index contributed by atoms with van der Waals surface area (Å²) >= 11 is 0. The average molecular weight is 268 g/mol. The first-order valence-corrected chi connectivity index (χ1v) is 6.70. The fourth-order valence-electron chi connectivity index (χ4n) is 3.02. The highest BCUT2D eigenvalue weighted by atomic mass is 19.1. The number of nitrogens with zero attached hydrogens (tertiary/aromatic N) is 1. The van der Waals surface area contributed by atoms with Crippen LogP contribution in [0.15, 0.2) is 12.1 Å². The van der Waals surface area contributed by atoms with Gasteiger partial charge in [0.25, 0.3) is 0 Å².